The number of likely N-dealkylation sites (tertiary alicyclic amines) is 1. The lowest BCUT2D eigenvalue weighted by molar-refractivity contribution is 0.0763. The van der Waals surface area contributed by atoms with Crippen LogP contribution in [0.15, 0.2) is 0 Å². The molecule has 0 aliphatic carbocycles. The second kappa shape index (κ2) is 4.17. The summed E-state index contributed by atoms with van der Waals surface area (Å²) in [5.74, 6) is 0. The van der Waals surface area contributed by atoms with Gasteiger partial charge < -0.3 is 10.2 Å². The van der Waals surface area contributed by atoms with E-state index in [1.807, 2.05) is 0 Å². The van der Waals surface area contributed by atoms with Crippen molar-refractivity contribution in [3.05, 3.63) is 0 Å². The number of hydrogen-bond donors (Lipinski definition) is 1. The summed E-state index contributed by atoms with van der Waals surface area (Å²) in [6, 6.07) is 0. The molecule has 2 rings (SSSR count). The number of hydrogen-bond acceptors (Lipinski definition) is 3. The van der Waals surface area contributed by atoms with Crippen molar-refractivity contribution in [3.63, 3.8) is 0 Å². The van der Waals surface area contributed by atoms with E-state index in [0.29, 0.717) is 5.54 Å². The summed E-state index contributed by atoms with van der Waals surface area (Å²) in [6.07, 6.45) is 4.14. The molecule has 0 bridgehead atoms. The first-order chi connectivity index (χ1) is 6.73. The van der Waals surface area contributed by atoms with Gasteiger partial charge in [0.05, 0.1) is 0 Å². The molecular formula is C11H23N3. The molecule has 2 heterocycles. The predicted octanol–water partition coefficient (Wildman–Crippen LogP) is 0.376. The summed E-state index contributed by atoms with van der Waals surface area (Å²) in [7, 11) is 4.31. The second-order valence-corrected chi connectivity index (χ2v) is 5.08. The largest absolute Gasteiger partial charge is 0.313 e. The van der Waals surface area contributed by atoms with Gasteiger partial charge in [-0.15, -0.1) is 0 Å². The molecule has 2 fully saturated rings. The number of nitrogens with one attached hydrogen (secondary N) is 1. The van der Waals surface area contributed by atoms with Crippen molar-refractivity contribution in [3.8, 4) is 0 Å². The summed E-state index contributed by atoms with van der Waals surface area (Å²) in [4.78, 5) is 4.99. The molecule has 0 aromatic carbocycles. The van der Waals surface area contributed by atoms with Crippen LogP contribution in [0.2, 0.25) is 0 Å². The molecule has 0 saturated carbocycles. The van der Waals surface area contributed by atoms with Crippen LogP contribution < -0.4 is 5.32 Å². The highest BCUT2D eigenvalue weighted by Crippen LogP contribution is 2.32. The molecule has 3 nitrogen and oxygen atoms in total. The first-order valence-corrected chi connectivity index (χ1v) is 5.83. The Morgan fingerprint density at radius 2 is 2.14 bits per heavy atom. The summed E-state index contributed by atoms with van der Waals surface area (Å²) in [5, 5.41) is 3.42. The minimum Gasteiger partial charge on any atom is -0.313 e. The van der Waals surface area contributed by atoms with Gasteiger partial charge in [0.15, 0.2) is 0 Å². The van der Waals surface area contributed by atoms with Crippen LogP contribution in [0, 0.1) is 0 Å². The monoisotopic (exact) mass is 197 g/mol. The molecule has 2 aliphatic heterocycles. The van der Waals surface area contributed by atoms with Crippen molar-refractivity contribution in [2.45, 2.75) is 24.8 Å². The third kappa shape index (κ3) is 1.95. The molecule has 0 atom stereocenters. The van der Waals surface area contributed by atoms with Gasteiger partial charge in [0.2, 0.25) is 0 Å². The Bertz CT molecular complexity index is 187. The van der Waals surface area contributed by atoms with Gasteiger partial charge in [0.25, 0.3) is 0 Å². The highest BCUT2D eigenvalue weighted by molar-refractivity contribution is 5.05. The summed E-state index contributed by atoms with van der Waals surface area (Å²) in [6.45, 7) is 6.30. The fourth-order valence-corrected chi connectivity index (χ4v) is 2.73. The summed E-state index contributed by atoms with van der Waals surface area (Å²) < 4.78 is 0. The molecule has 0 aromatic rings. The number of rotatable bonds is 4. The van der Waals surface area contributed by atoms with Crippen molar-refractivity contribution in [1.82, 2.24) is 15.1 Å². The Morgan fingerprint density at radius 3 is 2.71 bits per heavy atom. The smallest absolute Gasteiger partial charge is 0.0458 e. The Kier molecular flexibility index (Phi) is 3.10. The number of nitrogens with zero attached hydrogens (tertiary/aromatic N) is 2. The lowest BCUT2D eigenvalue weighted by Crippen LogP contribution is -2.66. The Morgan fingerprint density at radius 1 is 1.36 bits per heavy atom. The fourth-order valence-electron chi connectivity index (χ4n) is 2.73. The topological polar surface area (TPSA) is 18.5 Å². The summed E-state index contributed by atoms with van der Waals surface area (Å²) >= 11 is 0. The van der Waals surface area contributed by atoms with Crippen LogP contribution in [0.4, 0.5) is 0 Å². The van der Waals surface area contributed by atoms with E-state index < -0.39 is 0 Å². The zero-order valence-corrected chi connectivity index (χ0v) is 9.55. The SMILES string of the molecule is CN(C)CCCN1CCCC12CNC2. The molecule has 14 heavy (non-hydrogen) atoms. The van der Waals surface area contributed by atoms with Crippen LogP contribution in [0.3, 0.4) is 0 Å². The highest BCUT2D eigenvalue weighted by Gasteiger charge is 2.44. The van der Waals surface area contributed by atoms with E-state index in [0.717, 1.165) is 0 Å². The van der Waals surface area contributed by atoms with Crippen molar-refractivity contribution in [2.24, 2.45) is 0 Å². The highest BCUT2D eigenvalue weighted by atomic mass is 15.3. The molecule has 2 saturated heterocycles. The van der Waals surface area contributed by atoms with E-state index in [2.05, 4.69) is 29.2 Å². The standard InChI is InChI=1S/C11H23N3/c1-13(2)6-4-8-14-7-3-5-11(14)9-12-10-11/h12H,3-10H2,1-2H3. The van der Waals surface area contributed by atoms with Gasteiger partial charge in [-0.25, -0.2) is 0 Å². The Balaban J connectivity index is 1.74. The molecule has 1 N–H and O–H groups in total. The molecule has 0 radical (unpaired) electrons. The molecule has 82 valence electrons. The van der Waals surface area contributed by atoms with E-state index in [1.165, 1.54) is 52.0 Å². The molecule has 0 aromatic heterocycles. The third-order valence-corrected chi connectivity index (χ3v) is 3.68. The molecule has 2 aliphatic rings. The van der Waals surface area contributed by atoms with Gasteiger partial charge in [-0.2, -0.15) is 0 Å². The summed E-state index contributed by atoms with van der Waals surface area (Å²) in [5.41, 5.74) is 0.576. The fraction of sp³-hybridized carbons (Fsp3) is 1.00. The van der Waals surface area contributed by atoms with Crippen molar-refractivity contribution >= 4 is 0 Å². The van der Waals surface area contributed by atoms with Gasteiger partial charge in [0, 0.05) is 25.2 Å². The average molecular weight is 197 g/mol. The van der Waals surface area contributed by atoms with Crippen LogP contribution in [-0.4, -0.2) is 62.2 Å². The van der Waals surface area contributed by atoms with Gasteiger partial charge in [-0.05, 0) is 46.4 Å². The Hall–Kier alpha value is -0.120. The van der Waals surface area contributed by atoms with Gasteiger partial charge >= 0.3 is 0 Å². The molecule has 0 amide bonds. The predicted molar refractivity (Wildman–Crippen MR) is 59.6 cm³/mol. The van der Waals surface area contributed by atoms with Crippen LogP contribution in [0.1, 0.15) is 19.3 Å². The first-order valence-electron chi connectivity index (χ1n) is 5.83. The van der Waals surface area contributed by atoms with E-state index in [4.69, 9.17) is 0 Å². The zero-order chi connectivity index (χ0) is 10.0. The van der Waals surface area contributed by atoms with Crippen molar-refractivity contribution in [1.29, 1.82) is 0 Å². The van der Waals surface area contributed by atoms with E-state index in [1.54, 1.807) is 0 Å². The minimum absolute atomic E-state index is 0.576. The normalized spacial score (nSPS) is 25.9. The van der Waals surface area contributed by atoms with E-state index in [9.17, 15) is 0 Å². The third-order valence-electron chi connectivity index (χ3n) is 3.68. The van der Waals surface area contributed by atoms with Crippen LogP contribution in [-0.2, 0) is 0 Å². The van der Waals surface area contributed by atoms with E-state index in [-0.39, 0.29) is 0 Å². The minimum atomic E-state index is 0.576. The maximum Gasteiger partial charge on any atom is 0.0458 e. The van der Waals surface area contributed by atoms with Crippen LogP contribution in [0.25, 0.3) is 0 Å². The average Bonchev–Trinajstić information content (AvgIpc) is 2.46. The second-order valence-electron chi connectivity index (χ2n) is 5.08. The van der Waals surface area contributed by atoms with Crippen LogP contribution >= 0.6 is 0 Å². The zero-order valence-electron chi connectivity index (χ0n) is 9.55. The Labute approximate surface area is 87.4 Å². The van der Waals surface area contributed by atoms with Crippen molar-refractivity contribution in [2.75, 3.05) is 46.8 Å². The first kappa shape index (κ1) is 10.4. The van der Waals surface area contributed by atoms with Crippen LogP contribution in [0.5, 0.6) is 0 Å². The lowest BCUT2D eigenvalue weighted by atomic mass is 9.89. The lowest BCUT2D eigenvalue weighted by Gasteiger charge is -2.46. The molecule has 1 spiro atoms. The molecule has 3 heteroatoms. The van der Waals surface area contributed by atoms with Gasteiger partial charge in [-0.1, -0.05) is 0 Å². The quantitative estimate of drug-likeness (QED) is 0.703. The van der Waals surface area contributed by atoms with Gasteiger partial charge in [0.1, 0.15) is 0 Å². The maximum atomic E-state index is 3.42. The molecule has 0 unspecified atom stereocenters. The maximum absolute atomic E-state index is 3.42. The van der Waals surface area contributed by atoms with E-state index >= 15 is 0 Å². The van der Waals surface area contributed by atoms with Crippen molar-refractivity contribution < 1.29 is 0 Å². The molecular weight excluding hydrogens is 174 g/mol. The van der Waals surface area contributed by atoms with Gasteiger partial charge in [-0.3, -0.25) is 4.90 Å².